The maximum absolute atomic E-state index is 11.5. The van der Waals surface area contributed by atoms with Gasteiger partial charge in [-0.05, 0) is 6.92 Å². The van der Waals surface area contributed by atoms with Gasteiger partial charge in [-0.15, -0.1) is 0 Å². The summed E-state index contributed by atoms with van der Waals surface area (Å²) in [5, 5.41) is 3.31. The number of piperazine rings is 1. The summed E-state index contributed by atoms with van der Waals surface area (Å²) in [6, 6.07) is 0.446. The number of nitrogens with zero attached hydrogens (tertiary/aromatic N) is 1. The SMILES string of the molecule is CC1CN(C(=O)C(C)C)CCN1.CCC. The fraction of sp³-hybridized carbons (Fsp3) is 0.917. The van der Waals surface area contributed by atoms with Crippen LogP contribution in [0.3, 0.4) is 0 Å². The zero-order valence-corrected chi connectivity index (χ0v) is 10.8. The lowest BCUT2D eigenvalue weighted by molar-refractivity contribution is -0.135. The van der Waals surface area contributed by atoms with Crippen molar-refractivity contribution in [2.45, 2.75) is 47.1 Å². The highest BCUT2D eigenvalue weighted by Gasteiger charge is 2.21. The molecule has 1 atom stereocenters. The van der Waals surface area contributed by atoms with Gasteiger partial charge in [0.1, 0.15) is 0 Å². The van der Waals surface area contributed by atoms with Gasteiger partial charge in [-0.3, -0.25) is 4.79 Å². The number of rotatable bonds is 1. The minimum atomic E-state index is 0.135. The molecular weight excluding hydrogens is 188 g/mol. The van der Waals surface area contributed by atoms with Crippen molar-refractivity contribution in [3.63, 3.8) is 0 Å². The quantitative estimate of drug-likeness (QED) is 0.723. The summed E-state index contributed by atoms with van der Waals surface area (Å²) in [4.78, 5) is 13.5. The van der Waals surface area contributed by atoms with Crippen LogP contribution in [0.5, 0.6) is 0 Å². The Morgan fingerprint density at radius 1 is 1.47 bits per heavy atom. The Hall–Kier alpha value is -0.570. The Labute approximate surface area is 94.2 Å². The minimum Gasteiger partial charge on any atom is -0.340 e. The molecular formula is C12H26N2O. The van der Waals surface area contributed by atoms with Gasteiger partial charge in [-0.1, -0.05) is 34.1 Å². The molecule has 0 spiro atoms. The molecule has 0 saturated carbocycles. The summed E-state index contributed by atoms with van der Waals surface area (Å²) in [6.45, 7) is 12.9. The second-order valence-corrected chi connectivity index (χ2v) is 4.50. The van der Waals surface area contributed by atoms with Crippen molar-refractivity contribution in [3.8, 4) is 0 Å². The van der Waals surface area contributed by atoms with Crippen molar-refractivity contribution in [2.75, 3.05) is 19.6 Å². The van der Waals surface area contributed by atoms with Gasteiger partial charge in [-0.2, -0.15) is 0 Å². The summed E-state index contributed by atoms with van der Waals surface area (Å²) in [7, 11) is 0. The van der Waals surface area contributed by atoms with Gasteiger partial charge in [0.2, 0.25) is 5.91 Å². The van der Waals surface area contributed by atoms with Crippen LogP contribution in [0.25, 0.3) is 0 Å². The van der Waals surface area contributed by atoms with Crippen LogP contribution in [0.15, 0.2) is 0 Å². The molecule has 0 bridgehead atoms. The molecule has 0 aromatic rings. The van der Waals surface area contributed by atoms with E-state index in [1.165, 1.54) is 6.42 Å². The predicted octanol–water partition coefficient (Wildman–Crippen LogP) is 1.88. The zero-order chi connectivity index (χ0) is 11.8. The molecule has 1 unspecified atom stereocenters. The smallest absolute Gasteiger partial charge is 0.225 e. The molecule has 90 valence electrons. The van der Waals surface area contributed by atoms with E-state index in [9.17, 15) is 4.79 Å². The minimum absolute atomic E-state index is 0.135. The molecule has 0 aromatic heterocycles. The summed E-state index contributed by atoms with van der Waals surface area (Å²) in [5.41, 5.74) is 0. The third-order valence-electron chi connectivity index (χ3n) is 2.17. The van der Waals surface area contributed by atoms with E-state index >= 15 is 0 Å². The molecule has 1 N–H and O–H groups in total. The average Bonchev–Trinajstić information content (AvgIpc) is 2.17. The van der Waals surface area contributed by atoms with E-state index in [2.05, 4.69) is 26.1 Å². The van der Waals surface area contributed by atoms with E-state index in [1.807, 2.05) is 18.7 Å². The van der Waals surface area contributed by atoms with Gasteiger partial charge in [0, 0.05) is 31.6 Å². The van der Waals surface area contributed by atoms with Crippen LogP contribution in [0.1, 0.15) is 41.0 Å². The number of amides is 1. The molecule has 3 nitrogen and oxygen atoms in total. The molecule has 1 fully saturated rings. The molecule has 0 aliphatic carbocycles. The highest BCUT2D eigenvalue weighted by molar-refractivity contribution is 5.78. The van der Waals surface area contributed by atoms with Crippen molar-refractivity contribution in [1.29, 1.82) is 0 Å². The van der Waals surface area contributed by atoms with E-state index in [4.69, 9.17) is 0 Å². The van der Waals surface area contributed by atoms with Gasteiger partial charge in [0.15, 0.2) is 0 Å². The lowest BCUT2D eigenvalue weighted by Crippen LogP contribution is -2.52. The van der Waals surface area contributed by atoms with Gasteiger partial charge in [-0.25, -0.2) is 0 Å². The topological polar surface area (TPSA) is 32.3 Å². The van der Waals surface area contributed by atoms with E-state index in [1.54, 1.807) is 0 Å². The Morgan fingerprint density at radius 2 is 2.00 bits per heavy atom. The molecule has 0 aromatic carbocycles. The largest absolute Gasteiger partial charge is 0.340 e. The second-order valence-electron chi connectivity index (χ2n) is 4.50. The molecule has 1 aliphatic heterocycles. The van der Waals surface area contributed by atoms with Gasteiger partial charge in [0.25, 0.3) is 0 Å². The zero-order valence-electron chi connectivity index (χ0n) is 10.8. The number of nitrogens with one attached hydrogen (secondary N) is 1. The molecule has 1 aliphatic rings. The van der Waals surface area contributed by atoms with E-state index in [0.29, 0.717) is 6.04 Å². The van der Waals surface area contributed by atoms with Gasteiger partial charge >= 0.3 is 0 Å². The summed E-state index contributed by atoms with van der Waals surface area (Å²) < 4.78 is 0. The third-order valence-corrected chi connectivity index (χ3v) is 2.17. The summed E-state index contributed by atoms with van der Waals surface area (Å²) >= 11 is 0. The standard InChI is InChI=1S/C9H18N2O.C3H8/c1-7(2)9(12)11-5-4-10-8(3)6-11;1-3-2/h7-8,10H,4-6H2,1-3H3;3H2,1-2H3. The van der Waals surface area contributed by atoms with Crippen molar-refractivity contribution in [1.82, 2.24) is 10.2 Å². The average molecular weight is 214 g/mol. The Balaban J connectivity index is 0.000000583. The van der Waals surface area contributed by atoms with Crippen molar-refractivity contribution in [2.24, 2.45) is 5.92 Å². The molecule has 15 heavy (non-hydrogen) atoms. The molecule has 1 rings (SSSR count). The fourth-order valence-electron chi connectivity index (χ4n) is 1.50. The maximum atomic E-state index is 11.5. The van der Waals surface area contributed by atoms with Crippen molar-refractivity contribution < 1.29 is 4.79 Å². The number of hydrogen-bond acceptors (Lipinski definition) is 2. The number of hydrogen-bond donors (Lipinski definition) is 1. The molecule has 1 amide bonds. The van der Waals surface area contributed by atoms with Gasteiger partial charge in [0.05, 0.1) is 0 Å². The van der Waals surface area contributed by atoms with Crippen LogP contribution in [0, 0.1) is 5.92 Å². The maximum Gasteiger partial charge on any atom is 0.225 e. The Morgan fingerprint density at radius 3 is 2.40 bits per heavy atom. The van der Waals surface area contributed by atoms with Crippen LogP contribution < -0.4 is 5.32 Å². The lowest BCUT2D eigenvalue weighted by atomic mass is 10.1. The van der Waals surface area contributed by atoms with Crippen LogP contribution in [-0.2, 0) is 4.79 Å². The van der Waals surface area contributed by atoms with Crippen molar-refractivity contribution >= 4 is 5.91 Å². The normalized spacial score (nSPS) is 20.9. The Kier molecular flexibility index (Phi) is 7.39. The number of carbonyl (C=O) groups is 1. The fourth-order valence-corrected chi connectivity index (χ4v) is 1.50. The summed E-state index contributed by atoms with van der Waals surface area (Å²) in [5.74, 6) is 0.415. The van der Waals surface area contributed by atoms with E-state index in [-0.39, 0.29) is 11.8 Å². The molecule has 0 radical (unpaired) electrons. The number of carbonyl (C=O) groups excluding carboxylic acids is 1. The van der Waals surface area contributed by atoms with Crippen LogP contribution >= 0.6 is 0 Å². The molecule has 3 heteroatoms. The first-order valence-electron chi connectivity index (χ1n) is 6.05. The highest BCUT2D eigenvalue weighted by atomic mass is 16.2. The first kappa shape index (κ1) is 14.4. The predicted molar refractivity (Wildman–Crippen MR) is 64.8 cm³/mol. The first-order valence-corrected chi connectivity index (χ1v) is 6.05. The molecule has 1 saturated heterocycles. The monoisotopic (exact) mass is 214 g/mol. The van der Waals surface area contributed by atoms with Gasteiger partial charge < -0.3 is 10.2 Å². The van der Waals surface area contributed by atoms with E-state index in [0.717, 1.165) is 19.6 Å². The first-order chi connectivity index (χ1) is 7.02. The molecule has 1 heterocycles. The van der Waals surface area contributed by atoms with E-state index < -0.39 is 0 Å². The van der Waals surface area contributed by atoms with Crippen LogP contribution in [0.4, 0.5) is 0 Å². The van der Waals surface area contributed by atoms with Crippen LogP contribution in [-0.4, -0.2) is 36.5 Å². The Bertz CT molecular complexity index is 180. The summed E-state index contributed by atoms with van der Waals surface area (Å²) in [6.07, 6.45) is 1.25. The highest BCUT2D eigenvalue weighted by Crippen LogP contribution is 2.04. The van der Waals surface area contributed by atoms with Crippen molar-refractivity contribution in [3.05, 3.63) is 0 Å². The lowest BCUT2D eigenvalue weighted by Gasteiger charge is -2.33. The third kappa shape index (κ3) is 5.78. The van der Waals surface area contributed by atoms with Crippen LogP contribution in [0.2, 0.25) is 0 Å². The second kappa shape index (κ2) is 7.69.